The summed E-state index contributed by atoms with van der Waals surface area (Å²) in [6.07, 6.45) is 3.55. The summed E-state index contributed by atoms with van der Waals surface area (Å²) in [6.45, 7) is 1.85. The molecule has 9 heteroatoms. The van der Waals surface area contributed by atoms with Gasteiger partial charge in [-0.25, -0.2) is 9.97 Å². The van der Waals surface area contributed by atoms with Crippen molar-refractivity contribution in [3.63, 3.8) is 0 Å². The van der Waals surface area contributed by atoms with E-state index in [9.17, 15) is 4.79 Å². The van der Waals surface area contributed by atoms with Crippen molar-refractivity contribution in [2.75, 3.05) is 14.2 Å². The van der Waals surface area contributed by atoms with Crippen LogP contribution in [0.5, 0.6) is 11.5 Å². The van der Waals surface area contributed by atoms with E-state index in [1.165, 1.54) is 11.3 Å². The Hall–Kier alpha value is -3.17. The van der Waals surface area contributed by atoms with E-state index in [-0.39, 0.29) is 5.91 Å². The molecule has 0 aliphatic heterocycles. The van der Waals surface area contributed by atoms with Gasteiger partial charge in [-0.3, -0.25) is 4.79 Å². The Balaban J connectivity index is 1.71. The highest BCUT2D eigenvalue weighted by molar-refractivity contribution is 7.22. The number of aromatic nitrogens is 3. The van der Waals surface area contributed by atoms with Crippen LogP contribution < -0.4 is 14.8 Å². The molecule has 1 aromatic carbocycles. The smallest absolute Gasteiger partial charge is 0.264 e. The molecular weight excluding hydrogens is 432 g/mol. The van der Waals surface area contributed by atoms with Gasteiger partial charge in [0.2, 0.25) is 0 Å². The molecule has 7 nitrogen and oxygen atoms in total. The summed E-state index contributed by atoms with van der Waals surface area (Å²) in [7, 11) is 5.09. The largest absolute Gasteiger partial charge is 0.497 e. The van der Waals surface area contributed by atoms with E-state index in [1.54, 1.807) is 37.8 Å². The maximum Gasteiger partial charge on any atom is 0.264 e. The number of aryl methyl sites for hydroxylation is 2. The Morgan fingerprint density at radius 2 is 1.94 bits per heavy atom. The molecule has 0 fully saturated rings. The summed E-state index contributed by atoms with van der Waals surface area (Å²) in [6, 6.07) is 9.02. The average molecular weight is 455 g/mol. The van der Waals surface area contributed by atoms with Crippen molar-refractivity contribution in [1.82, 2.24) is 19.9 Å². The third kappa shape index (κ3) is 4.33. The van der Waals surface area contributed by atoms with Crippen molar-refractivity contribution < 1.29 is 14.3 Å². The van der Waals surface area contributed by atoms with Crippen molar-refractivity contribution in [1.29, 1.82) is 0 Å². The van der Waals surface area contributed by atoms with Gasteiger partial charge in [-0.05, 0) is 36.1 Å². The summed E-state index contributed by atoms with van der Waals surface area (Å²) >= 11 is 2.99. The van der Waals surface area contributed by atoms with Gasteiger partial charge >= 0.3 is 0 Å². The van der Waals surface area contributed by atoms with Crippen molar-refractivity contribution in [2.24, 2.45) is 7.05 Å². The topological polar surface area (TPSA) is 78.3 Å². The summed E-state index contributed by atoms with van der Waals surface area (Å²) in [4.78, 5) is 24.0. The second-order valence-corrected chi connectivity index (χ2v) is 8.81. The number of rotatable bonds is 7. The number of benzene rings is 1. The maximum absolute atomic E-state index is 13.3. The lowest BCUT2D eigenvalue weighted by atomic mass is 10.0. The Labute approximate surface area is 188 Å². The number of thiazole rings is 1. The zero-order valence-electron chi connectivity index (χ0n) is 17.6. The van der Waals surface area contributed by atoms with E-state index >= 15 is 0 Å². The maximum atomic E-state index is 13.3. The van der Waals surface area contributed by atoms with Gasteiger partial charge in [0.1, 0.15) is 33.3 Å². The quantitative estimate of drug-likeness (QED) is 0.446. The molecule has 0 saturated heterocycles. The molecule has 3 heterocycles. The number of ether oxygens (including phenoxy) is 2. The predicted octanol–water partition coefficient (Wildman–Crippen LogP) is 4.45. The lowest BCUT2D eigenvalue weighted by Gasteiger charge is -2.20. The number of imidazole rings is 1. The first-order valence-electron chi connectivity index (χ1n) is 9.52. The van der Waals surface area contributed by atoms with Gasteiger partial charge in [-0.15, -0.1) is 22.7 Å². The van der Waals surface area contributed by atoms with E-state index < -0.39 is 6.04 Å². The van der Waals surface area contributed by atoms with Crippen molar-refractivity contribution >= 4 is 28.6 Å². The van der Waals surface area contributed by atoms with E-state index in [2.05, 4.69) is 15.3 Å². The average Bonchev–Trinajstić information content (AvgIpc) is 3.52. The van der Waals surface area contributed by atoms with Crippen LogP contribution >= 0.6 is 22.7 Å². The van der Waals surface area contributed by atoms with Crippen LogP contribution in [0.25, 0.3) is 9.88 Å². The van der Waals surface area contributed by atoms with Crippen LogP contribution in [0.3, 0.4) is 0 Å². The summed E-state index contributed by atoms with van der Waals surface area (Å²) in [5, 5.41) is 5.98. The molecule has 0 aliphatic rings. The van der Waals surface area contributed by atoms with Crippen LogP contribution in [-0.4, -0.2) is 34.7 Å². The fraction of sp³-hybridized carbons (Fsp3) is 0.227. The monoisotopic (exact) mass is 454 g/mol. The second-order valence-electron chi connectivity index (χ2n) is 6.86. The number of hydrogen-bond acceptors (Lipinski definition) is 7. The van der Waals surface area contributed by atoms with Gasteiger partial charge in [0.15, 0.2) is 0 Å². The standard InChI is InChI=1S/C22H22N4O3S2/c1-13-19(31-22(24-13)17-6-5-9-30-17)21(27)25-18(20-23-7-8-26(20)2)14-10-15(28-3)12-16(11-14)29-4/h5-12,18H,1-4H3,(H,25,27). The highest BCUT2D eigenvalue weighted by atomic mass is 32.1. The molecular formula is C22H22N4O3S2. The number of carbonyl (C=O) groups is 1. The third-order valence-electron chi connectivity index (χ3n) is 4.83. The molecule has 1 unspecified atom stereocenters. The zero-order valence-corrected chi connectivity index (χ0v) is 19.2. The number of methoxy groups -OCH3 is 2. The summed E-state index contributed by atoms with van der Waals surface area (Å²) in [5.74, 6) is 1.77. The molecule has 0 radical (unpaired) electrons. The van der Waals surface area contributed by atoms with Crippen LogP contribution in [0.4, 0.5) is 0 Å². The van der Waals surface area contributed by atoms with Gasteiger partial charge in [-0.1, -0.05) is 6.07 Å². The third-order valence-corrected chi connectivity index (χ3v) is 7.03. The molecule has 0 spiro atoms. The highest BCUT2D eigenvalue weighted by Gasteiger charge is 2.25. The first-order chi connectivity index (χ1) is 15.0. The molecule has 4 rings (SSSR count). The molecule has 160 valence electrons. The van der Waals surface area contributed by atoms with Gasteiger partial charge in [0.05, 0.1) is 24.8 Å². The number of nitrogens with one attached hydrogen (secondary N) is 1. The molecule has 1 atom stereocenters. The molecule has 0 aliphatic carbocycles. The number of nitrogens with zero attached hydrogens (tertiary/aromatic N) is 3. The number of hydrogen-bond donors (Lipinski definition) is 1. The minimum Gasteiger partial charge on any atom is -0.497 e. The number of amides is 1. The lowest BCUT2D eigenvalue weighted by Crippen LogP contribution is -2.31. The van der Waals surface area contributed by atoms with Gasteiger partial charge in [0.25, 0.3) is 5.91 Å². The van der Waals surface area contributed by atoms with E-state index in [4.69, 9.17) is 9.47 Å². The van der Waals surface area contributed by atoms with Crippen LogP contribution in [0.15, 0.2) is 48.1 Å². The van der Waals surface area contributed by atoms with Crippen molar-refractivity contribution in [3.8, 4) is 21.4 Å². The van der Waals surface area contributed by atoms with Crippen molar-refractivity contribution in [2.45, 2.75) is 13.0 Å². The number of thiophene rings is 1. The minimum atomic E-state index is -0.497. The zero-order chi connectivity index (χ0) is 22.0. The summed E-state index contributed by atoms with van der Waals surface area (Å²) < 4.78 is 12.7. The molecule has 1 amide bonds. The Kier molecular flexibility index (Phi) is 6.06. The molecule has 4 aromatic rings. The highest BCUT2D eigenvalue weighted by Crippen LogP contribution is 2.33. The van der Waals surface area contributed by atoms with Crippen LogP contribution in [0, 0.1) is 6.92 Å². The van der Waals surface area contributed by atoms with Crippen molar-refractivity contribution in [3.05, 3.63) is 70.1 Å². The minimum absolute atomic E-state index is 0.201. The Morgan fingerprint density at radius 3 is 2.52 bits per heavy atom. The second kappa shape index (κ2) is 8.91. The normalized spacial score (nSPS) is 11.9. The van der Waals surface area contributed by atoms with Gasteiger partial charge in [-0.2, -0.15) is 0 Å². The van der Waals surface area contributed by atoms with Gasteiger partial charge < -0.3 is 19.4 Å². The summed E-state index contributed by atoms with van der Waals surface area (Å²) in [5.41, 5.74) is 1.51. The first-order valence-corrected chi connectivity index (χ1v) is 11.2. The first kappa shape index (κ1) is 21.1. The lowest BCUT2D eigenvalue weighted by molar-refractivity contribution is 0.0944. The molecule has 3 aromatic heterocycles. The van der Waals surface area contributed by atoms with E-state index in [0.29, 0.717) is 27.9 Å². The SMILES string of the molecule is COc1cc(OC)cc(C(NC(=O)c2sc(-c3cccs3)nc2C)c2nccn2C)c1. The Morgan fingerprint density at radius 1 is 1.19 bits per heavy atom. The number of carbonyl (C=O) groups excluding carboxylic acids is 1. The molecule has 1 N–H and O–H groups in total. The molecule has 0 saturated carbocycles. The van der Waals surface area contributed by atoms with E-state index in [1.807, 2.05) is 54.4 Å². The fourth-order valence-corrected chi connectivity index (χ4v) is 5.02. The molecule has 31 heavy (non-hydrogen) atoms. The van der Waals surface area contributed by atoms with Crippen LogP contribution in [-0.2, 0) is 7.05 Å². The van der Waals surface area contributed by atoms with Gasteiger partial charge in [0, 0.05) is 25.5 Å². The van der Waals surface area contributed by atoms with Crippen LogP contribution in [0.2, 0.25) is 0 Å². The van der Waals surface area contributed by atoms with Crippen LogP contribution in [0.1, 0.15) is 32.8 Å². The Bertz CT molecular complexity index is 1180. The molecule has 0 bridgehead atoms. The van der Waals surface area contributed by atoms with E-state index in [0.717, 1.165) is 15.4 Å². The predicted molar refractivity (Wildman–Crippen MR) is 122 cm³/mol. The fourth-order valence-electron chi connectivity index (χ4n) is 3.26.